The van der Waals surface area contributed by atoms with Crippen molar-refractivity contribution in [1.29, 1.82) is 5.26 Å². The minimum atomic E-state index is -0.502. The van der Waals surface area contributed by atoms with E-state index < -0.39 is 6.67 Å². The van der Waals surface area contributed by atoms with Crippen LogP contribution in [0.25, 0.3) is 22.6 Å². The molecule has 1 fully saturated rings. The molecule has 2 aromatic heterocycles. The van der Waals surface area contributed by atoms with Gasteiger partial charge in [0.05, 0.1) is 11.6 Å². The third-order valence-electron chi connectivity index (χ3n) is 7.64. The Balaban J connectivity index is 1.19. The summed E-state index contributed by atoms with van der Waals surface area (Å²) in [5.41, 5.74) is 4.87. The van der Waals surface area contributed by atoms with Gasteiger partial charge in [0.2, 0.25) is 5.89 Å². The van der Waals surface area contributed by atoms with E-state index in [0.29, 0.717) is 46.1 Å². The van der Waals surface area contributed by atoms with Crippen LogP contribution in [0.15, 0.2) is 59.1 Å². The Morgan fingerprint density at radius 1 is 1.21 bits per heavy atom. The predicted molar refractivity (Wildman–Crippen MR) is 149 cm³/mol. The summed E-state index contributed by atoms with van der Waals surface area (Å²) in [6, 6.07) is 16.7. The zero-order chi connectivity index (χ0) is 27.4. The molecule has 1 atom stereocenters. The lowest BCUT2D eigenvalue weighted by molar-refractivity contribution is 0.0945. The zero-order valence-corrected chi connectivity index (χ0v) is 22.3. The van der Waals surface area contributed by atoms with Crippen LogP contribution >= 0.6 is 0 Å². The number of oxazole rings is 1. The number of nitrogens with zero attached hydrogens (tertiary/aromatic N) is 4. The lowest BCUT2D eigenvalue weighted by Crippen LogP contribution is -2.39. The fourth-order valence-corrected chi connectivity index (χ4v) is 4.98. The van der Waals surface area contributed by atoms with Gasteiger partial charge in [0.1, 0.15) is 18.0 Å². The molecule has 0 aliphatic carbocycles. The number of hydrogen-bond donors (Lipinski definition) is 1. The molecular formula is C31H32FN5O2. The molecule has 5 rings (SSSR count). The molecule has 1 N–H and O–H groups in total. The number of amides is 1. The van der Waals surface area contributed by atoms with Crippen LogP contribution in [0.3, 0.4) is 0 Å². The normalized spacial score (nSPS) is 14.8. The monoisotopic (exact) mass is 525 g/mol. The number of halogens is 1. The molecule has 7 nitrogen and oxygen atoms in total. The van der Waals surface area contributed by atoms with Gasteiger partial charge < -0.3 is 14.6 Å². The van der Waals surface area contributed by atoms with Crippen molar-refractivity contribution in [2.45, 2.75) is 45.7 Å². The van der Waals surface area contributed by atoms with Crippen LogP contribution in [0.4, 0.5) is 10.2 Å². The second-order valence-corrected chi connectivity index (χ2v) is 10.2. The first kappa shape index (κ1) is 26.4. The number of alkyl halides is 1. The summed E-state index contributed by atoms with van der Waals surface area (Å²) in [6.07, 6.45) is 4.42. The second-order valence-electron chi connectivity index (χ2n) is 10.2. The van der Waals surface area contributed by atoms with E-state index in [1.165, 1.54) is 0 Å². The largest absolute Gasteiger partial charge is 0.436 e. The van der Waals surface area contributed by atoms with Crippen LogP contribution in [0.5, 0.6) is 0 Å². The molecule has 0 radical (unpaired) electrons. The van der Waals surface area contributed by atoms with Crippen LogP contribution in [-0.4, -0.2) is 35.5 Å². The first-order chi connectivity index (χ1) is 19.0. The average molecular weight is 526 g/mol. The molecule has 0 bridgehead atoms. The van der Waals surface area contributed by atoms with E-state index in [2.05, 4.69) is 40.1 Å². The molecule has 8 heteroatoms. The highest BCUT2D eigenvalue weighted by atomic mass is 19.1. The van der Waals surface area contributed by atoms with E-state index in [1.54, 1.807) is 30.5 Å². The van der Waals surface area contributed by atoms with Gasteiger partial charge in [-0.3, -0.25) is 4.79 Å². The van der Waals surface area contributed by atoms with E-state index in [-0.39, 0.29) is 11.8 Å². The first-order valence-electron chi connectivity index (χ1n) is 13.5. The number of piperidine rings is 1. The van der Waals surface area contributed by atoms with Crippen molar-refractivity contribution in [1.82, 2.24) is 15.3 Å². The summed E-state index contributed by atoms with van der Waals surface area (Å²) < 4.78 is 18.9. The van der Waals surface area contributed by atoms with Gasteiger partial charge in [-0.15, -0.1) is 0 Å². The maximum atomic E-state index is 12.8. The van der Waals surface area contributed by atoms with Crippen LogP contribution in [0, 0.1) is 17.2 Å². The second kappa shape index (κ2) is 11.6. The number of rotatable bonds is 8. The number of nitriles is 1. The standard InChI is InChI=1S/C31H32FN5O2/c1-3-20(2)26-14-23(17-33)15-27-29(26)39-31(36-27)25-7-5-24(6-8-25)30(38)35-18-21-10-12-37(13-11-21)28-9-4-22(16-32)19-34-28/h4-9,14-15,19-21H,3,10-13,16,18H2,1-2H3,(H,35,38). The molecule has 1 saturated heterocycles. The number of carbonyl (C=O) groups is 1. The van der Waals surface area contributed by atoms with Gasteiger partial charge in [0.25, 0.3) is 5.91 Å². The van der Waals surface area contributed by atoms with Gasteiger partial charge in [-0.25, -0.2) is 14.4 Å². The fraction of sp³-hybridized carbons (Fsp3) is 0.355. The van der Waals surface area contributed by atoms with Crippen molar-refractivity contribution in [2.75, 3.05) is 24.5 Å². The Kier molecular flexibility index (Phi) is 7.87. The van der Waals surface area contributed by atoms with Crippen LogP contribution < -0.4 is 10.2 Å². The van der Waals surface area contributed by atoms with Crippen LogP contribution in [0.2, 0.25) is 0 Å². The predicted octanol–water partition coefficient (Wildman–Crippen LogP) is 6.39. The van der Waals surface area contributed by atoms with E-state index in [0.717, 1.165) is 49.3 Å². The van der Waals surface area contributed by atoms with Crippen LogP contribution in [0.1, 0.15) is 66.1 Å². The molecule has 4 aromatic rings. The quantitative estimate of drug-likeness (QED) is 0.286. The Hall–Kier alpha value is -4.25. The molecule has 1 amide bonds. The molecular weight excluding hydrogens is 493 g/mol. The Morgan fingerprint density at radius 2 is 1.97 bits per heavy atom. The Labute approximate surface area is 227 Å². The SMILES string of the molecule is CCC(C)c1cc(C#N)cc2nc(-c3ccc(C(=O)NCC4CCN(c5ccc(CF)cn5)CC4)cc3)oc12. The zero-order valence-electron chi connectivity index (χ0n) is 22.3. The molecule has 0 spiro atoms. The summed E-state index contributed by atoms with van der Waals surface area (Å²) in [5, 5.41) is 12.5. The van der Waals surface area contributed by atoms with Gasteiger partial charge in [-0.05, 0) is 73.6 Å². The lowest BCUT2D eigenvalue weighted by Gasteiger charge is -2.32. The van der Waals surface area contributed by atoms with Gasteiger partial charge in [-0.1, -0.05) is 19.9 Å². The number of benzene rings is 2. The highest BCUT2D eigenvalue weighted by molar-refractivity contribution is 5.94. The number of fused-ring (bicyclic) bond motifs is 1. The van der Waals surface area contributed by atoms with Crippen molar-refractivity contribution < 1.29 is 13.6 Å². The van der Waals surface area contributed by atoms with Gasteiger partial charge >= 0.3 is 0 Å². The Bertz CT molecular complexity index is 1480. The summed E-state index contributed by atoms with van der Waals surface area (Å²) in [4.78, 5) is 24.0. The number of anilines is 1. The van der Waals surface area contributed by atoms with Crippen molar-refractivity contribution in [3.8, 4) is 17.5 Å². The summed E-state index contributed by atoms with van der Waals surface area (Å²) in [6.45, 7) is 6.05. The average Bonchev–Trinajstić information content (AvgIpc) is 3.43. The molecule has 1 aliphatic heterocycles. The molecule has 1 unspecified atom stereocenters. The summed E-state index contributed by atoms with van der Waals surface area (Å²) in [7, 11) is 0. The highest BCUT2D eigenvalue weighted by Crippen LogP contribution is 2.33. The fourth-order valence-electron chi connectivity index (χ4n) is 4.98. The molecule has 39 heavy (non-hydrogen) atoms. The third kappa shape index (κ3) is 5.78. The molecule has 1 aliphatic rings. The maximum Gasteiger partial charge on any atom is 0.251 e. The first-order valence-corrected chi connectivity index (χ1v) is 13.5. The van der Waals surface area contributed by atoms with Crippen LogP contribution in [-0.2, 0) is 6.67 Å². The number of pyridine rings is 1. The van der Waals surface area contributed by atoms with Crippen molar-refractivity contribution >= 4 is 22.8 Å². The number of aromatic nitrogens is 2. The maximum absolute atomic E-state index is 12.8. The Morgan fingerprint density at radius 3 is 2.62 bits per heavy atom. The van der Waals surface area contributed by atoms with Crippen molar-refractivity contribution in [3.05, 3.63) is 77.0 Å². The van der Waals surface area contributed by atoms with Gasteiger partial charge in [0.15, 0.2) is 5.58 Å². The molecule has 3 heterocycles. The highest BCUT2D eigenvalue weighted by Gasteiger charge is 2.21. The third-order valence-corrected chi connectivity index (χ3v) is 7.64. The van der Waals surface area contributed by atoms with Gasteiger partial charge in [-0.2, -0.15) is 5.26 Å². The molecule has 200 valence electrons. The van der Waals surface area contributed by atoms with E-state index in [1.807, 2.05) is 24.3 Å². The number of hydrogen-bond acceptors (Lipinski definition) is 6. The number of carbonyl (C=O) groups excluding carboxylic acids is 1. The summed E-state index contributed by atoms with van der Waals surface area (Å²) in [5.74, 6) is 1.87. The van der Waals surface area contributed by atoms with Gasteiger partial charge in [0, 0.05) is 48.1 Å². The number of nitrogens with one attached hydrogen (secondary N) is 1. The van der Waals surface area contributed by atoms with E-state index in [4.69, 9.17) is 4.42 Å². The minimum absolute atomic E-state index is 0.109. The lowest BCUT2D eigenvalue weighted by atomic mass is 9.96. The van der Waals surface area contributed by atoms with Crippen molar-refractivity contribution in [3.63, 3.8) is 0 Å². The van der Waals surface area contributed by atoms with Crippen molar-refractivity contribution in [2.24, 2.45) is 5.92 Å². The van der Waals surface area contributed by atoms with E-state index >= 15 is 0 Å². The van der Waals surface area contributed by atoms with E-state index in [9.17, 15) is 14.4 Å². The molecule has 0 saturated carbocycles. The smallest absolute Gasteiger partial charge is 0.251 e. The molecule has 2 aromatic carbocycles. The minimum Gasteiger partial charge on any atom is -0.436 e. The topological polar surface area (TPSA) is 95.0 Å². The summed E-state index contributed by atoms with van der Waals surface area (Å²) >= 11 is 0.